The van der Waals surface area contributed by atoms with Gasteiger partial charge in [0.15, 0.2) is 5.65 Å². The first-order valence-electron chi connectivity index (χ1n) is 11.5. The minimum absolute atomic E-state index is 0.0423. The predicted octanol–water partition coefficient (Wildman–Crippen LogP) is 3.79. The number of methoxy groups -OCH3 is 1. The van der Waals surface area contributed by atoms with Gasteiger partial charge in [-0.1, -0.05) is 17.7 Å². The average Bonchev–Trinajstić information content (AvgIpc) is 3.12. The molecule has 0 unspecified atom stereocenters. The number of benzene rings is 2. The molecule has 3 heterocycles. The minimum Gasteiger partial charge on any atom is -0.497 e. The van der Waals surface area contributed by atoms with E-state index in [0.29, 0.717) is 31.0 Å². The fourth-order valence-corrected chi connectivity index (χ4v) is 4.36. The molecule has 1 fully saturated rings. The zero-order valence-corrected chi connectivity index (χ0v) is 19.7. The number of aromatic nitrogens is 4. The van der Waals surface area contributed by atoms with E-state index in [1.807, 2.05) is 59.1 Å². The van der Waals surface area contributed by atoms with Gasteiger partial charge in [-0.05, 0) is 56.7 Å². The second-order valence-corrected chi connectivity index (χ2v) is 8.58. The van der Waals surface area contributed by atoms with Gasteiger partial charge in [-0.3, -0.25) is 4.79 Å². The largest absolute Gasteiger partial charge is 0.497 e. The maximum absolute atomic E-state index is 13.1. The number of carbonyl (C=O) groups is 1. The van der Waals surface area contributed by atoms with Crippen LogP contribution in [0, 0.1) is 13.8 Å². The van der Waals surface area contributed by atoms with Crippen molar-refractivity contribution < 1.29 is 9.53 Å². The molecule has 174 valence electrons. The van der Waals surface area contributed by atoms with Crippen LogP contribution >= 0.6 is 0 Å². The number of carbonyl (C=O) groups excluding carboxylic acids is 1. The summed E-state index contributed by atoms with van der Waals surface area (Å²) in [7, 11) is 1.62. The van der Waals surface area contributed by atoms with E-state index in [2.05, 4.69) is 29.1 Å². The summed E-state index contributed by atoms with van der Waals surface area (Å²) in [5.74, 6) is 2.36. The number of hydrogen-bond donors (Lipinski definition) is 0. The van der Waals surface area contributed by atoms with Crippen LogP contribution in [0.5, 0.6) is 5.75 Å². The summed E-state index contributed by atoms with van der Waals surface area (Å²) >= 11 is 0. The van der Waals surface area contributed by atoms with E-state index in [1.165, 1.54) is 5.56 Å². The van der Waals surface area contributed by atoms with Gasteiger partial charge in [0.05, 0.1) is 24.4 Å². The molecule has 0 saturated carbocycles. The van der Waals surface area contributed by atoms with E-state index >= 15 is 0 Å². The molecule has 2 aromatic heterocycles. The zero-order chi connectivity index (χ0) is 23.7. The van der Waals surface area contributed by atoms with Gasteiger partial charge in [0.2, 0.25) is 0 Å². The Morgan fingerprint density at radius 1 is 0.912 bits per heavy atom. The third kappa shape index (κ3) is 4.19. The SMILES string of the molecule is COc1ccc(C(=O)N2CCCN(c3nc(C)nc4c3cnn4-c3ccc(C)cc3)CC2)cc1. The molecule has 1 saturated heterocycles. The van der Waals surface area contributed by atoms with Crippen LogP contribution in [-0.2, 0) is 0 Å². The number of fused-ring (bicyclic) bond motifs is 1. The lowest BCUT2D eigenvalue weighted by Gasteiger charge is -2.23. The summed E-state index contributed by atoms with van der Waals surface area (Å²) in [6.45, 7) is 6.82. The van der Waals surface area contributed by atoms with E-state index in [1.54, 1.807) is 7.11 Å². The Morgan fingerprint density at radius 3 is 2.41 bits per heavy atom. The zero-order valence-electron chi connectivity index (χ0n) is 19.7. The molecule has 1 aliphatic heterocycles. The lowest BCUT2D eigenvalue weighted by molar-refractivity contribution is 0.0767. The van der Waals surface area contributed by atoms with E-state index < -0.39 is 0 Å². The Morgan fingerprint density at radius 2 is 1.68 bits per heavy atom. The van der Waals surface area contributed by atoms with Crippen molar-refractivity contribution in [3.8, 4) is 11.4 Å². The molecule has 2 aromatic carbocycles. The quantitative estimate of drug-likeness (QED) is 0.465. The number of amides is 1. The smallest absolute Gasteiger partial charge is 0.253 e. The van der Waals surface area contributed by atoms with Crippen molar-refractivity contribution in [3.05, 3.63) is 71.7 Å². The summed E-state index contributed by atoms with van der Waals surface area (Å²) in [5.41, 5.74) is 3.64. The third-order valence-electron chi connectivity index (χ3n) is 6.22. The Labute approximate surface area is 198 Å². The van der Waals surface area contributed by atoms with Gasteiger partial charge in [-0.15, -0.1) is 0 Å². The van der Waals surface area contributed by atoms with Crippen molar-refractivity contribution >= 4 is 22.8 Å². The van der Waals surface area contributed by atoms with Gasteiger partial charge in [-0.2, -0.15) is 5.10 Å². The fourth-order valence-electron chi connectivity index (χ4n) is 4.36. The Kier molecular flexibility index (Phi) is 5.88. The molecular weight excluding hydrogens is 428 g/mol. The molecule has 0 atom stereocenters. The van der Waals surface area contributed by atoms with Crippen LogP contribution in [0.25, 0.3) is 16.7 Å². The molecule has 0 spiro atoms. The maximum atomic E-state index is 13.1. The topological polar surface area (TPSA) is 76.4 Å². The van der Waals surface area contributed by atoms with Crippen molar-refractivity contribution in [1.82, 2.24) is 24.6 Å². The number of anilines is 1. The Hall–Kier alpha value is -3.94. The minimum atomic E-state index is 0.0423. The van der Waals surface area contributed by atoms with Crippen LogP contribution in [0.2, 0.25) is 0 Å². The highest BCUT2D eigenvalue weighted by Gasteiger charge is 2.23. The molecular formula is C26H28N6O2. The molecule has 8 nitrogen and oxygen atoms in total. The van der Waals surface area contributed by atoms with Gasteiger partial charge >= 0.3 is 0 Å². The average molecular weight is 457 g/mol. The molecule has 0 bridgehead atoms. The van der Waals surface area contributed by atoms with Crippen molar-refractivity contribution in [2.45, 2.75) is 20.3 Å². The van der Waals surface area contributed by atoms with Crippen molar-refractivity contribution in [2.24, 2.45) is 0 Å². The monoisotopic (exact) mass is 456 g/mol. The standard InChI is InChI=1S/C26H28N6O2/c1-18-5-9-21(10-6-18)32-25-23(17-27-32)24(28-19(2)29-25)30-13-4-14-31(16-15-30)26(33)20-7-11-22(34-3)12-8-20/h5-12,17H,4,13-16H2,1-3H3. The summed E-state index contributed by atoms with van der Waals surface area (Å²) in [5, 5.41) is 5.54. The van der Waals surface area contributed by atoms with Gasteiger partial charge < -0.3 is 14.5 Å². The van der Waals surface area contributed by atoms with Crippen molar-refractivity contribution in [2.75, 3.05) is 38.2 Å². The Balaban J connectivity index is 1.39. The molecule has 4 aromatic rings. The molecule has 1 aliphatic rings. The highest BCUT2D eigenvalue weighted by molar-refractivity contribution is 5.94. The molecule has 0 radical (unpaired) electrons. The lowest BCUT2D eigenvalue weighted by atomic mass is 10.2. The van der Waals surface area contributed by atoms with E-state index in [4.69, 9.17) is 14.7 Å². The maximum Gasteiger partial charge on any atom is 0.253 e. The molecule has 8 heteroatoms. The molecule has 5 rings (SSSR count). The number of rotatable bonds is 4. The Bertz CT molecular complexity index is 1310. The first-order valence-corrected chi connectivity index (χ1v) is 11.5. The normalized spacial score (nSPS) is 14.3. The van der Waals surface area contributed by atoms with E-state index in [-0.39, 0.29) is 5.91 Å². The van der Waals surface area contributed by atoms with Crippen LogP contribution in [0.15, 0.2) is 54.7 Å². The summed E-state index contributed by atoms with van der Waals surface area (Å²) in [4.78, 5) is 26.7. The summed E-state index contributed by atoms with van der Waals surface area (Å²) in [6, 6.07) is 15.5. The first-order chi connectivity index (χ1) is 16.5. The van der Waals surface area contributed by atoms with Crippen molar-refractivity contribution in [3.63, 3.8) is 0 Å². The van der Waals surface area contributed by atoms with Gasteiger partial charge in [0.1, 0.15) is 17.4 Å². The van der Waals surface area contributed by atoms with Gasteiger partial charge in [0.25, 0.3) is 5.91 Å². The summed E-state index contributed by atoms with van der Waals surface area (Å²) < 4.78 is 7.07. The predicted molar refractivity (Wildman–Crippen MR) is 132 cm³/mol. The highest BCUT2D eigenvalue weighted by atomic mass is 16.5. The fraction of sp³-hybridized carbons (Fsp3) is 0.308. The number of nitrogens with zero attached hydrogens (tertiary/aromatic N) is 6. The highest BCUT2D eigenvalue weighted by Crippen LogP contribution is 2.27. The van der Waals surface area contributed by atoms with Crippen LogP contribution < -0.4 is 9.64 Å². The van der Waals surface area contributed by atoms with Crippen LogP contribution in [0.1, 0.15) is 28.2 Å². The number of ether oxygens (including phenoxy) is 1. The second kappa shape index (κ2) is 9.13. The second-order valence-electron chi connectivity index (χ2n) is 8.58. The van der Waals surface area contributed by atoms with Gasteiger partial charge in [0, 0.05) is 31.7 Å². The number of hydrogen-bond acceptors (Lipinski definition) is 6. The van der Waals surface area contributed by atoms with Crippen LogP contribution in [0.3, 0.4) is 0 Å². The van der Waals surface area contributed by atoms with Gasteiger partial charge in [-0.25, -0.2) is 14.6 Å². The lowest BCUT2D eigenvalue weighted by Crippen LogP contribution is -2.35. The van der Waals surface area contributed by atoms with E-state index in [0.717, 1.165) is 41.3 Å². The molecule has 0 N–H and O–H groups in total. The first kappa shape index (κ1) is 21.9. The molecule has 1 amide bonds. The molecule has 34 heavy (non-hydrogen) atoms. The van der Waals surface area contributed by atoms with Crippen LogP contribution in [0.4, 0.5) is 5.82 Å². The third-order valence-corrected chi connectivity index (χ3v) is 6.22. The summed E-state index contributed by atoms with van der Waals surface area (Å²) in [6.07, 6.45) is 2.70. The van der Waals surface area contributed by atoms with E-state index in [9.17, 15) is 4.79 Å². The molecule has 0 aliphatic carbocycles. The number of aryl methyl sites for hydroxylation is 2. The van der Waals surface area contributed by atoms with Crippen molar-refractivity contribution in [1.29, 1.82) is 0 Å². The van der Waals surface area contributed by atoms with Crippen LogP contribution in [-0.4, -0.2) is 63.8 Å².